The molecule has 0 N–H and O–H groups in total. The molecular weight excluding hydrogens is 537 g/mol. The lowest BCUT2D eigenvalue weighted by Gasteiger charge is -2.19. The zero-order valence-corrected chi connectivity index (χ0v) is 23.6. The lowest BCUT2D eigenvalue weighted by atomic mass is 9.84. The Hall–Kier alpha value is -5.24. The van der Waals surface area contributed by atoms with Crippen molar-refractivity contribution in [3.05, 3.63) is 158 Å². The summed E-state index contributed by atoms with van der Waals surface area (Å²) in [6.07, 6.45) is 0. The first-order valence-electron chi connectivity index (χ1n) is 18.1. The molecule has 1 aromatic heterocycles. The van der Waals surface area contributed by atoms with Crippen LogP contribution >= 0.6 is 11.3 Å². The van der Waals surface area contributed by atoms with E-state index in [1.165, 1.54) is 20.2 Å². The number of benzene rings is 8. The predicted octanol–water partition coefficient (Wildman–Crippen LogP) is 12.5. The van der Waals surface area contributed by atoms with Crippen molar-refractivity contribution in [3.8, 4) is 33.4 Å². The largest absolute Gasteiger partial charge is 0.135 e. The van der Waals surface area contributed by atoms with Gasteiger partial charge in [0.25, 0.3) is 0 Å². The SMILES string of the molecule is [2H]c1c([2H])c([2H])c2c(-c3cccc4ccccc34)c3c([2H])c([2H])c([2H])c([2H])c3c(-c3ccc(-c4ccc5c(c4)sc4ccccc45)cc3)c2c1[2H]. The van der Waals surface area contributed by atoms with Crippen LogP contribution < -0.4 is 0 Å². The molecule has 0 radical (unpaired) electrons. The number of fused-ring (bicyclic) bond motifs is 6. The molecule has 200 valence electrons. The van der Waals surface area contributed by atoms with Crippen LogP contribution in [0.3, 0.4) is 0 Å². The number of thiophene rings is 1. The van der Waals surface area contributed by atoms with E-state index < -0.39 is 24.2 Å². The number of rotatable bonds is 3. The molecule has 9 rings (SSSR count). The molecule has 0 aliphatic rings. The van der Waals surface area contributed by atoms with Crippen molar-refractivity contribution in [2.24, 2.45) is 0 Å². The van der Waals surface area contributed by atoms with E-state index in [-0.39, 0.29) is 45.7 Å². The van der Waals surface area contributed by atoms with Gasteiger partial charge < -0.3 is 0 Å². The third-order valence-electron chi connectivity index (χ3n) is 8.32. The molecule has 0 saturated carbocycles. The minimum Gasteiger partial charge on any atom is -0.135 e. The highest BCUT2D eigenvalue weighted by molar-refractivity contribution is 7.25. The van der Waals surface area contributed by atoms with Crippen molar-refractivity contribution < 1.29 is 11.0 Å². The average Bonchev–Trinajstić information content (AvgIpc) is 3.54. The third-order valence-corrected chi connectivity index (χ3v) is 9.45. The minimum atomic E-state index is -0.411. The van der Waals surface area contributed by atoms with Crippen molar-refractivity contribution in [1.82, 2.24) is 0 Å². The summed E-state index contributed by atoms with van der Waals surface area (Å²) in [7, 11) is 0. The van der Waals surface area contributed by atoms with Crippen molar-refractivity contribution >= 4 is 63.8 Å². The number of hydrogen-bond donors (Lipinski definition) is 0. The highest BCUT2D eigenvalue weighted by Crippen LogP contribution is 2.45. The first kappa shape index (κ1) is 17.7. The summed E-state index contributed by atoms with van der Waals surface area (Å²) < 4.78 is 74.3. The van der Waals surface area contributed by atoms with Crippen molar-refractivity contribution in [2.75, 3.05) is 0 Å². The van der Waals surface area contributed by atoms with Gasteiger partial charge in [-0.1, -0.05) is 145 Å². The van der Waals surface area contributed by atoms with Crippen LogP contribution in [-0.2, 0) is 0 Å². The molecule has 0 aliphatic heterocycles. The highest BCUT2D eigenvalue weighted by Gasteiger charge is 2.18. The number of hydrogen-bond acceptors (Lipinski definition) is 1. The van der Waals surface area contributed by atoms with E-state index in [0.29, 0.717) is 22.3 Å². The van der Waals surface area contributed by atoms with Crippen LogP contribution in [-0.4, -0.2) is 0 Å². The van der Waals surface area contributed by atoms with Gasteiger partial charge in [0.15, 0.2) is 0 Å². The maximum atomic E-state index is 9.25. The van der Waals surface area contributed by atoms with Gasteiger partial charge in [-0.15, -0.1) is 11.3 Å². The Balaban J connectivity index is 1.39. The summed E-state index contributed by atoms with van der Waals surface area (Å²) in [5.41, 5.74) is 3.86. The molecule has 0 atom stereocenters. The van der Waals surface area contributed by atoms with Gasteiger partial charge in [-0.2, -0.15) is 0 Å². The predicted molar refractivity (Wildman–Crippen MR) is 188 cm³/mol. The monoisotopic (exact) mass is 570 g/mol. The van der Waals surface area contributed by atoms with E-state index in [1.54, 1.807) is 11.3 Å². The van der Waals surface area contributed by atoms with E-state index in [9.17, 15) is 5.48 Å². The van der Waals surface area contributed by atoms with Crippen molar-refractivity contribution in [3.63, 3.8) is 0 Å². The second-order valence-corrected chi connectivity index (χ2v) is 11.7. The minimum absolute atomic E-state index is 0.209. The highest BCUT2D eigenvalue weighted by atomic mass is 32.1. The molecule has 0 aliphatic carbocycles. The van der Waals surface area contributed by atoms with Crippen molar-refractivity contribution in [2.45, 2.75) is 0 Å². The standard InChI is InChI=1S/C42H26S/c1-2-12-31-28(10-1)11-9-18-34(31)42-37-16-5-3-14-35(37)41(36-15-4-6-17-38(36)42)29-22-20-27(21-23-29)30-24-25-33-32-13-7-8-19-39(32)43-40(33)26-30/h1-26H/i3D,4D,5D,6D,14D,15D,16D,17D. The Morgan fingerprint density at radius 1 is 0.395 bits per heavy atom. The van der Waals surface area contributed by atoms with Crippen LogP contribution in [0.5, 0.6) is 0 Å². The summed E-state index contributed by atoms with van der Waals surface area (Å²) >= 11 is 1.74. The fourth-order valence-corrected chi connectivity index (χ4v) is 7.51. The van der Waals surface area contributed by atoms with Crippen LogP contribution in [0, 0.1) is 0 Å². The Bertz CT molecular complexity index is 2860. The third kappa shape index (κ3) is 3.82. The molecule has 0 unspecified atom stereocenters. The molecule has 9 aromatic rings. The van der Waals surface area contributed by atoms with Gasteiger partial charge in [0.2, 0.25) is 0 Å². The van der Waals surface area contributed by atoms with E-state index in [4.69, 9.17) is 5.48 Å². The molecule has 0 saturated heterocycles. The Kier molecular flexibility index (Phi) is 3.97. The fraction of sp³-hybridized carbons (Fsp3) is 0. The molecule has 0 fully saturated rings. The fourth-order valence-electron chi connectivity index (χ4n) is 6.36. The van der Waals surface area contributed by atoms with Gasteiger partial charge in [0, 0.05) is 20.2 Å². The zero-order valence-electron chi connectivity index (χ0n) is 30.8. The molecule has 0 bridgehead atoms. The van der Waals surface area contributed by atoms with Gasteiger partial charge in [-0.3, -0.25) is 0 Å². The van der Waals surface area contributed by atoms with Gasteiger partial charge in [-0.25, -0.2) is 0 Å². The summed E-state index contributed by atoms with van der Waals surface area (Å²) in [6, 6.07) is 33.0. The molecule has 43 heavy (non-hydrogen) atoms. The normalized spacial score (nSPS) is 14.3. The molecule has 1 heteroatoms. The molecule has 0 spiro atoms. The van der Waals surface area contributed by atoms with Crippen LogP contribution in [0.25, 0.3) is 85.9 Å². The molecule has 0 amide bonds. The summed E-state index contributed by atoms with van der Waals surface area (Å²) in [6.45, 7) is 0. The van der Waals surface area contributed by atoms with Gasteiger partial charge in [-0.05, 0) is 77.8 Å². The Labute approximate surface area is 265 Å². The Morgan fingerprint density at radius 2 is 0.953 bits per heavy atom. The zero-order chi connectivity index (χ0) is 35.3. The smallest absolute Gasteiger partial charge is 0.0629 e. The average molecular weight is 571 g/mol. The van der Waals surface area contributed by atoms with Crippen LogP contribution in [0.15, 0.2) is 158 Å². The van der Waals surface area contributed by atoms with E-state index in [2.05, 4.69) is 30.3 Å². The molecule has 1 heterocycles. The second-order valence-electron chi connectivity index (χ2n) is 10.7. The topological polar surface area (TPSA) is 0 Å². The van der Waals surface area contributed by atoms with Crippen LogP contribution in [0.1, 0.15) is 11.0 Å². The van der Waals surface area contributed by atoms with Gasteiger partial charge in [0.1, 0.15) is 0 Å². The molecule has 0 nitrogen and oxygen atoms in total. The lowest BCUT2D eigenvalue weighted by Crippen LogP contribution is -1.91. The van der Waals surface area contributed by atoms with E-state index in [1.807, 2.05) is 78.9 Å². The van der Waals surface area contributed by atoms with Gasteiger partial charge >= 0.3 is 0 Å². The summed E-state index contributed by atoms with van der Waals surface area (Å²) in [5, 5.41) is 4.96. The van der Waals surface area contributed by atoms with Crippen LogP contribution in [0.4, 0.5) is 0 Å². The van der Waals surface area contributed by atoms with Crippen LogP contribution in [0.2, 0.25) is 0 Å². The van der Waals surface area contributed by atoms with Crippen molar-refractivity contribution in [1.29, 1.82) is 0 Å². The second kappa shape index (κ2) is 9.66. The first-order valence-corrected chi connectivity index (χ1v) is 14.9. The first-order chi connectivity index (χ1) is 24.7. The lowest BCUT2D eigenvalue weighted by molar-refractivity contribution is 1.64. The maximum Gasteiger partial charge on any atom is 0.0629 e. The molecular formula is C42H26S. The maximum absolute atomic E-state index is 9.25. The van der Waals surface area contributed by atoms with E-state index >= 15 is 0 Å². The quantitative estimate of drug-likeness (QED) is 0.185. The summed E-state index contributed by atoms with van der Waals surface area (Å²) in [4.78, 5) is 0. The van der Waals surface area contributed by atoms with E-state index in [0.717, 1.165) is 21.9 Å². The Morgan fingerprint density at radius 3 is 1.70 bits per heavy atom. The van der Waals surface area contributed by atoms with Gasteiger partial charge in [0.05, 0.1) is 11.0 Å². The summed E-state index contributed by atoms with van der Waals surface area (Å²) in [5.74, 6) is 0. The molecule has 8 aromatic carbocycles.